The zero-order chi connectivity index (χ0) is 14.9. The molecule has 0 saturated carbocycles. The van der Waals surface area contributed by atoms with Gasteiger partial charge >= 0.3 is 0 Å². The number of pyridine rings is 1. The lowest BCUT2D eigenvalue weighted by molar-refractivity contribution is 0.912. The lowest BCUT2D eigenvalue weighted by Crippen LogP contribution is -1.96. The van der Waals surface area contributed by atoms with Gasteiger partial charge in [-0.25, -0.2) is 4.68 Å². The molecule has 0 N–H and O–H groups in total. The summed E-state index contributed by atoms with van der Waals surface area (Å²) in [5, 5.41) is 5.90. The predicted molar refractivity (Wildman–Crippen MR) is 92.0 cm³/mol. The molecule has 0 unspecified atom stereocenters. The van der Waals surface area contributed by atoms with Gasteiger partial charge in [-0.15, -0.1) is 0 Å². The molecular formula is C18H12BrN3. The average Bonchev–Trinajstić information content (AvgIpc) is 2.96. The number of benzene rings is 2. The van der Waals surface area contributed by atoms with E-state index < -0.39 is 0 Å². The Balaban J connectivity index is 1.99. The molecule has 0 bridgehead atoms. The van der Waals surface area contributed by atoms with E-state index in [1.165, 1.54) is 0 Å². The van der Waals surface area contributed by atoms with Crippen LogP contribution in [-0.2, 0) is 0 Å². The summed E-state index contributed by atoms with van der Waals surface area (Å²) >= 11 is 3.47. The van der Waals surface area contributed by atoms with Crippen molar-refractivity contribution in [2.75, 3.05) is 0 Å². The van der Waals surface area contributed by atoms with Gasteiger partial charge in [0.1, 0.15) is 5.69 Å². The van der Waals surface area contributed by atoms with Crippen LogP contribution in [0, 0.1) is 0 Å². The summed E-state index contributed by atoms with van der Waals surface area (Å²) in [6, 6.07) is 22.2. The third-order valence-electron chi connectivity index (χ3n) is 3.57. The highest BCUT2D eigenvalue weighted by atomic mass is 79.9. The Morgan fingerprint density at radius 1 is 0.818 bits per heavy atom. The van der Waals surface area contributed by atoms with Gasteiger partial charge in [0.05, 0.1) is 16.9 Å². The van der Waals surface area contributed by atoms with Gasteiger partial charge in [-0.2, -0.15) is 5.10 Å². The molecule has 2 heterocycles. The van der Waals surface area contributed by atoms with E-state index >= 15 is 0 Å². The number of hydrogen-bond acceptors (Lipinski definition) is 2. The third kappa shape index (κ3) is 2.22. The Bertz CT molecular complexity index is 928. The molecule has 4 aromatic rings. The van der Waals surface area contributed by atoms with Crippen molar-refractivity contribution in [3.63, 3.8) is 0 Å². The summed E-state index contributed by atoms with van der Waals surface area (Å²) in [6.07, 6.45) is 1.79. The van der Waals surface area contributed by atoms with Gasteiger partial charge in [0, 0.05) is 16.1 Å². The zero-order valence-electron chi connectivity index (χ0n) is 11.6. The molecule has 0 radical (unpaired) electrons. The van der Waals surface area contributed by atoms with E-state index in [0.29, 0.717) is 0 Å². The number of rotatable bonds is 2. The largest absolute Gasteiger partial charge is 0.255 e. The van der Waals surface area contributed by atoms with Gasteiger partial charge in [-0.05, 0) is 42.5 Å². The van der Waals surface area contributed by atoms with Crippen LogP contribution in [0.4, 0.5) is 0 Å². The van der Waals surface area contributed by atoms with Crippen LogP contribution in [-0.4, -0.2) is 14.8 Å². The van der Waals surface area contributed by atoms with Crippen molar-refractivity contribution in [1.82, 2.24) is 14.8 Å². The number of nitrogens with zero attached hydrogens (tertiary/aromatic N) is 3. The molecule has 106 valence electrons. The number of aromatic nitrogens is 3. The highest BCUT2D eigenvalue weighted by molar-refractivity contribution is 9.10. The van der Waals surface area contributed by atoms with E-state index in [4.69, 9.17) is 5.10 Å². The highest BCUT2D eigenvalue weighted by Gasteiger charge is 2.13. The van der Waals surface area contributed by atoms with E-state index in [2.05, 4.69) is 33.0 Å². The van der Waals surface area contributed by atoms with E-state index in [1.807, 2.05) is 59.3 Å². The second-order valence-electron chi connectivity index (χ2n) is 4.97. The van der Waals surface area contributed by atoms with Crippen LogP contribution >= 0.6 is 15.9 Å². The van der Waals surface area contributed by atoms with Gasteiger partial charge in [0.25, 0.3) is 0 Å². The van der Waals surface area contributed by atoms with E-state index in [-0.39, 0.29) is 0 Å². The second-order valence-corrected chi connectivity index (χ2v) is 5.88. The van der Waals surface area contributed by atoms with Crippen molar-refractivity contribution < 1.29 is 0 Å². The van der Waals surface area contributed by atoms with Crippen molar-refractivity contribution >= 4 is 26.8 Å². The normalized spacial score (nSPS) is 11.0. The summed E-state index contributed by atoms with van der Waals surface area (Å²) in [5.41, 5.74) is 3.89. The summed E-state index contributed by atoms with van der Waals surface area (Å²) < 4.78 is 3.02. The molecule has 4 rings (SSSR count). The molecule has 2 aromatic carbocycles. The van der Waals surface area contributed by atoms with Crippen LogP contribution in [0.1, 0.15) is 0 Å². The Hall–Kier alpha value is -2.46. The van der Waals surface area contributed by atoms with Gasteiger partial charge in [-0.1, -0.05) is 40.2 Å². The van der Waals surface area contributed by atoms with Gasteiger partial charge < -0.3 is 0 Å². The fourth-order valence-corrected chi connectivity index (χ4v) is 2.80. The lowest BCUT2D eigenvalue weighted by Gasteiger charge is -2.03. The fourth-order valence-electron chi connectivity index (χ4n) is 2.54. The second kappa shape index (κ2) is 5.39. The number of hydrogen-bond donors (Lipinski definition) is 0. The molecule has 0 aliphatic rings. The molecular weight excluding hydrogens is 338 g/mol. The SMILES string of the molecule is Brc1ccc(-n2nc(-c3ccccn3)c3ccccc32)cc1. The molecule has 0 spiro atoms. The maximum absolute atomic E-state index is 4.80. The van der Waals surface area contributed by atoms with Gasteiger partial charge in [-0.3, -0.25) is 4.98 Å². The first kappa shape index (κ1) is 13.2. The predicted octanol–water partition coefficient (Wildman–Crippen LogP) is 4.85. The molecule has 0 saturated heterocycles. The number of para-hydroxylation sites is 1. The van der Waals surface area contributed by atoms with Crippen molar-refractivity contribution in [1.29, 1.82) is 0 Å². The van der Waals surface area contributed by atoms with Crippen LogP contribution < -0.4 is 0 Å². The van der Waals surface area contributed by atoms with Crippen LogP contribution in [0.15, 0.2) is 77.4 Å². The molecule has 22 heavy (non-hydrogen) atoms. The van der Waals surface area contributed by atoms with Crippen molar-refractivity contribution in [2.24, 2.45) is 0 Å². The zero-order valence-corrected chi connectivity index (χ0v) is 13.2. The van der Waals surface area contributed by atoms with Gasteiger partial charge in [0.2, 0.25) is 0 Å². The summed E-state index contributed by atoms with van der Waals surface area (Å²) in [4.78, 5) is 4.44. The number of halogens is 1. The van der Waals surface area contributed by atoms with E-state index in [9.17, 15) is 0 Å². The van der Waals surface area contributed by atoms with Crippen LogP contribution in [0.2, 0.25) is 0 Å². The minimum Gasteiger partial charge on any atom is -0.255 e. The fraction of sp³-hybridized carbons (Fsp3) is 0. The van der Waals surface area contributed by atoms with Crippen molar-refractivity contribution in [2.45, 2.75) is 0 Å². The first-order valence-corrected chi connectivity index (χ1v) is 7.77. The minimum atomic E-state index is 0.884. The van der Waals surface area contributed by atoms with Crippen LogP contribution in [0.5, 0.6) is 0 Å². The first-order chi connectivity index (χ1) is 10.8. The quantitative estimate of drug-likeness (QED) is 0.517. The Kier molecular flexibility index (Phi) is 3.24. The Labute approximate surface area is 136 Å². The molecule has 0 atom stereocenters. The first-order valence-electron chi connectivity index (χ1n) is 6.98. The maximum Gasteiger partial charge on any atom is 0.119 e. The Morgan fingerprint density at radius 2 is 1.59 bits per heavy atom. The minimum absolute atomic E-state index is 0.884. The number of fused-ring (bicyclic) bond motifs is 1. The van der Waals surface area contributed by atoms with Crippen molar-refractivity contribution in [3.8, 4) is 17.1 Å². The van der Waals surface area contributed by atoms with E-state index in [1.54, 1.807) is 6.20 Å². The molecule has 0 fully saturated rings. The molecule has 4 heteroatoms. The monoisotopic (exact) mass is 349 g/mol. The molecule has 0 aliphatic carbocycles. The van der Waals surface area contributed by atoms with E-state index in [0.717, 1.165) is 32.5 Å². The highest BCUT2D eigenvalue weighted by Crippen LogP contribution is 2.28. The lowest BCUT2D eigenvalue weighted by atomic mass is 10.1. The van der Waals surface area contributed by atoms with Gasteiger partial charge in [0.15, 0.2) is 0 Å². The standard InChI is InChI=1S/C18H12BrN3/c19-13-8-10-14(11-9-13)22-17-7-2-1-5-15(17)18(21-22)16-6-3-4-12-20-16/h1-12H. The van der Waals surface area contributed by atoms with Crippen LogP contribution in [0.3, 0.4) is 0 Å². The third-order valence-corrected chi connectivity index (χ3v) is 4.09. The molecule has 0 aliphatic heterocycles. The van der Waals surface area contributed by atoms with Crippen LogP contribution in [0.25, 0.3) is 28.0 Å². The summed E-state index contributed by atoms with van der Waals surface area (Å²) in [7, 11) is 0. The Morgan fingerprint density at radius 3 is 2.36 bits per heavy atom. The summed E-state index contributed by atoms with van der Waals surface area (Å²) in [5.74, 6) is 0. The average molecular weight is 350 g/mol. The topological polar surface area (TPSA) is 30.7 Å². The summed E-state index contributed by atoms with van der Waals surface area (Å²) in [6.45, 7) is 0. The molecule has 0 amide bonds. The smallest absolute Gasteiger partial charge is 0.119 e. The maximum atomic E-state index is 4.80. The molecule has 3 nitrogen and oxygen atoms in total. The van der Waals surface area contributed by atoms with Crippen molar-refractivity contribution in [3.05, 3.63) is 77.4 Å². The molecule has 2 aromatic heterocycles.